The summed E-state index contributed by atoms with van der Waals surface area (Å²) in [5.41, 5.74) is 0.865. The van der Waals surface area contributed by atoms with Crippen molar-refractivity contribution < 1.29 is 24.2 Å². The lowest BCUT2D eigenvalue weighted by Crippen LogP contribution is -2.48. The number of carbonyl (C=O) groups excluding carboxylic acids is 1. The van der Waals surface area contributed by atoms with Crippen LogP contribution >= 0.6 is 11.3 Å². The van der Waals surface area contributed by atoms with Gasteiger partial charge in [0.2, 0.25) is 0 Å². The van der Waals surface area contributed by atoms with E-state index in [0.29, 0.717) is 19.7 Å². The highest BCUT2D eigenvalue weighted by molar-refractivity contribution is 7.10. The molecular weight excluding hydrogens is 428 g/mol. The largest absolute Gasteiger partial charge is 0.496 e. The molecule has 7 nitrogen and oxygen atoms in total. The van der Waals surface area contributed by atoms with Crippen LogP contribution in [0.4, 0.5) is 0 Å². The Hall–Kier alpha value is -2.00. The first-order valence-electron chi connectivity index (χ1n) is 11.3. The molecule has 0 aromatic carbocycles. The fourth-order valence-electron chi connectivity index (χ4n) is 5.25. The van der Waals surface area contributed by atoms with Gasteiger partial charge in [0.25, 0.3) is 0 Å². The third kappa shape index (κ3) is 5.14. The summed E-state index contributed by atoms with van der Waals surface area (Å²) >= 11 is 1.56. The summed E-state index contributed by atoms with van der Waals surface area (Å²) in [6.45, 7) is 0.998. The van der Waals surface area contributed by atoms with E-state index in [-0.39, 0.29) is 11.0 Å². The number of hydrogen-bond donors (Lipinski definition) is 1. The number of aliphatic hydroxyl groups excluding tert-OH is 1. The number of hydrogen-bond acceptors (Lipinski definition) is 8. The van der Waals surface area contributed by atoms with E-state index in [1.54, 1.807) is 23.5 Å². The van der Waals surface area contributed by atoms with Crippen LogP contribution in [0.25, 0.3) is 0 Å². The molecule has 2 fully saturated rings. The Morgan fingerprint density at radius 1 is 1.28 bits per heavy atom. The van der Waals surface area contributed by atoms with Crippen LogP contribution < -0.4 is 4.74 Å². The first kappa shape index (κ1) is 23.2. The summed E-state index contributed by atoms with van der Waals surface area (Å²) in [7, 11) is 1.63. The Morgan fingerprint density at radius 3 is 2.84 bits per heavy atom. The zero-order valence-corrected chi connectivity index (χ0v) is 19.4. The smallest absolute Gasteiger partial charge is 0.350 e. The molecule has 2 aromatic heterocycles. The molecule has 174 valence electrons. The predicted molar refractivity (Wildman–Crippen MR) is 121 cm³/mol. The van der Waals surface area contributed by atoms with Crippen molar-refractivity contribution in [2.75, 3.05) is 26.9 Å². The molecule has 0 radical (unpaired) electrons. The molecule has 1 saturated heterocycles. The predicted octanol–water partition coefficient (Wildman–Crippen LogP) is 3.86. The van der Waals surface area contributed by atoms with Gasteiger partial charge in [0, 0.05) is 30.5 Å². The average Bonchev–Trinajstić information content (AvgIpc) is 3.47. The highest BCUT2D eigenvalue weighted by atomic mass is 32.1. The summed E-state index contributed by atoms with van der Waals surface area (Å²) < 4.78 is 11.8. The molecule has 1 atom stereocenters. The number of aromatic nitrogens is 1. The lowest BCUT2D eigenvalue weighted by atomic mass is 9.68. The van der Waals surface area contributed by atoms with Crippen molar-refractivity contribution in [2.45, 2.75) is 62.5 Å². The Kier molecular flexibility index (Phi) is 7.45. The summed E-state index contributed by atoms with van der Waals surface area (Å²) in [5, 5.41) is 12.8. The normalized spacial score (nSPS) is 22.3. The summed E-state index contributed by atoms with van der Waals surface area (Å²) in [5.74, 6) is 0.113. The van der Waals surface area contributed by atoms with E-state index in [1.807, 2.05) is 29.8 Å². The van der Waals surface area contributed by atoms with Gasteiger partial charge in [-0.3, -0.25) is 4.98 Å². The number of pyridine rings is 1. The van der Waals surface area contributed by atoms with Gasteiger partial charge in [0.1, 0.15) is 12.4 Å². The number of rotatable bonds is 9. The van der Waals surface area contributed by atoms with Gasteiger partial charge in [-0.1, -0.05) is 18.9 Å². The van der Waals surface area contributed by atoms with E-state index in [1.165, 1.54) is 12.8 Å². The van der Waals surface area contributed by atoms with Gasteiger partial charge >= 0.3 is 5.97 Å². The first-order chi connectivity index (χ1) is 15.6. The monoisotopic (exact) mass is 460 g/mol. The quantitative estimate of drug-likeness (QED) is 0.569. The zero-order valence-electron chi connectivity index (χ0n) is 18.6. The second kappa shape index (κ2) is 10.3. The lowest BCUT2D eigenvalue weighted by Gasteiger charge is -2.47. The second-order valence-corrected chi connectivity index (χ2v) is 9.81. The minimum Gasteiger partial charge on any atom is -0.496 e. The average molecular weight is 461 g/mol. The maximum Gasteiger partial charge on any atom is 0.350 e. The standard InChI is InChI=1S/C24H32N2O5S/c1-29-19-7-15-32-20(19)16-26(31-22(28)17-27)13-10-23(21-6-2-5-12-25-21)11-14-30-24(18-23)8-3-4-9-24/h2,5-7,12,15,27H,3-4,8-11,13-14,16-18H2,1H3/t23-/m1/s1. The molecular formula is C24H32N2O5S. The summed E-state index contributed by atoms with van der Waals surface area (Å²) in [4.78, 5) is 23.2. The van der Waals surface area contributed by atoms with Crippen molar-refractivity contribution in [1.29, 1.82) is 0 Å². The maximum absolute atomic E-state index is 11.9. The Balaban J connectivity index is 1.56. The number of carbonyl (C=O) groups is 1. The molecule has 0 amide bonds. The van der Waals surface area contributed by atoms with E-state index in [9.17, 15) is 9.90 Å². The Labute approximate surface area is 193 Å². The van der Waals surface area contributed by atoms with E-state index < -0.39 is 12.6 Å². The van der Waals surface area contributed by atoms with Gasteiger partial charge < -0.3 is 19.4 Å². The van der Waals surface area contributed by atoms with Crippen molar-refractivity contribution in [1.82, 2.24) is 10.0 Å². The Morgan fingerprint density at radius 2 is 2.12 bits per heavy atom. The van der Waals surface area contributed by atoms with Gasteiger partial charge in [-0.15, -0.1) is 16.4 Å². The molecule has 32 heavy (non-hydrogen) atoms. The van der Waals surface area contributed by atoms with Crippen LogP contribution in [-0.2, 0) is 26.3 Å². The lowest BCUT2D eigenvalue weighted by molar-refractivity contribution is -0.199. The third-order valence-corrected chi connectivity index (χ3v) is 7.70. The molecule has 1 aliphatic heterocycles. The Bertz CT molecular complexity index is 884. The van der Waals surface area contributed by atoms with E-state index >= 15 is 0 Å². The first-order valence-corrected chi connectivity index (χ1v) is 12.2. The van der Waals surface area contributed by atoms with Crippen LogP contribution in [0, 0.1) is 0 Å². The van der Waals surface area contributed by atoms with E-state index in [2.05, 4.69) is 6.07 Å². The molecule has 2 aromatic rings. The van der Waals surface area contributed by atoms with Gasteiger partial charge in [-0.25, -0.2) is 4.79 Å². The SMILES string of the molecule is COc1ccsc1CN(CC[C@@]1(c2ccccn2)CCOC2(CCCC2)C1)OC(=O)CO. The van der Waals surface area contributed by atoms with Crippen LogP contribution in [0.15, 0.2) is 35.8 Å². The molecule has 0 bridgehead atoms. The topological polar surface area (TPSA) is 81.1 Å². The van der Waals surface area contributed by atoms with Crippen LogP contribution in [0.1, 0.15) is 55.5 Å². The van der Waals surface area contributed by atoms with Crippen molar-refractivity contribution in [3.63, 3.8) is 0 Å². The fraction of sp³-hybridized carbons (Fsp3) is 0.583. The molecule has 2 aliphatic rings. The molecule has 8 heteroatoms. The third-order valence-electron chi connectivity index (χ3n) is 6.82. The highest BCUT2D eigenvalue weighted by Gasteiger charge is 2.48. The van der Waals surface area contributed by atoms with Crippen molar-refractivity contribution in [2.24, 2.45) is 0 Å². The molecule has 1 spiro atoms. The minimum atomic E-state index is -0.661. The molecule has 0 unspecified atom stereocenters. The molecule has 3 heterocycles. The number of nitrogens with zero attached hydrogens (tertiary/aromatic N) is 2. The zero-order chi connectivity index (χ0) is 22.4. The van der Waals surface area contributed by atoms with Crippen LogP contribution in [-0.4, -0.2) is 53.6 Å². The van der Waals surface area contributed by atoms with E-state index in [0.717, 1.165) is 48.4 Å². The van der Waals surface area contributed by atoms with Crippen LogP contribution in [0.2, 0.25) is 0 Å². The van der Waals surface area contributed by atoms with Gasteiger partial charge in [0.05, 0.1) is 24.1 Å². The molecule has 4 rings (SSSR count). The summed E-state index contributed by atoms with van der Waals surface area (Å²) in [6, 6.07) is 8.01. The number of aliphatic hydroxyl groups is 1. The molecule has 1 N–H and O–H groups in total. The van der Waals surface area contributed by atoms with Gasteiger partial charge in [-0.2, -0.15) is 0 Å². The van der Waals surface area contributed by atoms with Gasteiger partial charge in [0.15, 0.2) is 0 Å². The van der Waals surface area contributed by atoms with Crippen molar-refractivity contribution in [3.05, 3.63) is 46.4 Å². The van der Waals surface area contributed by atoms with E-state index in [4.69, 9.17) is 19.3 Å². The maximum atomic E-state index is 11.9. The van der Waals surface area contributed by atoms with Gasteiger partial charge in [-0.05, 0) is 55.7 Å². The van der Waals surface area contributed by atoms with Crippen molar-refractivity contribution in [3.8, 4) is 5.75 Å². The number of methoxy groups -OCH3 is 1. The van der Waals surface area contributed by atoms with Crippen LogP contribution in [0.5, 0.6) is 5.75 Å². The number of ether oxygens (including phenoxy) is 2. The molecule has 1 aliphatic carbocycles. The summed E-state index contributed by atoms with van der Waals surface area (Å²) in [6.07, 6.45) is 9.05. The number of hydroxylamine groups is 2. The second-order valence-electron chi connectivity index (χ2n) is 8.81. The number of thiophene rings is 1. The fourth-order valence-corrected chi connectivity index (χ4v) is 6.09. The highest BCUT2D eigenvalue weighted by Crippen LogP contribution is 2.49. The minimum absolute atomic E-state index is 0.0701. The van der Waals surface area contributed by atoms with Crippen molar-refractivity contribution >= 4 is 17.3 Å². The van der Waals surface area contributed by atoms with Crippen LogP contribution in [0.3, 0.4) is 0 Å². The molecule has 1 saturated carbocycles.